The van der Waals surface area contributed by atoms with Crippen LogP contribution in [0.2, 0.25) is 0 Å². The van der Waals surface area contributed by atoms with E-state index in [4.69, 9.17) is 10.5 Å². The third kappa shape index (κ3) is 3.61. The molecule has 0 radical (unpaired) electrons. The van der Waals surface area contributed by atoms with Gasteiger partial charge in [-0.2, -0.15) is 0 Å². The molecule has 1 heterocycles. The summed E-state index contributed by atoms with van der Waals surface area (Å²) in [6.45, 7) is 1.26. The maximum atomic E-state index is 11.4. The zero-order valence-corrected chi connectivity index (χ0v) is 11.9. The molecule has 21 heavy (non-hydrogen) atoms. The number of rotatable bonds is 7. The van der Waals surface area contributed by atoms with E-state index in [1.54, 1.807) is 31.4 Å². The van der Waals surface area contributed by atoms with Gasteiger partial charge in [0.05, 0.1) is 12.6 Å². The second kappa shape index (κ2) is 6.90. The summed E-state index contributed by atoms with van der Waals surface area (Å²) in [5.41, 5.74) is 6.30. The van der Waals surface area contributed by atoms with Crippen LogP contribution in [-0.2, 0) is 0 Å². The zero-order valence-electron chi connectivity index (χ0n) is 11.9. The molecular formula is C15H19N3O3. The van der Waals surface area contributed by atoms with E-state index in [2.05, 4.69) is 10.3 Å². The van der Waals surface area contributed by atoms with Gasteiger partial charge in [0.2, 0.25) is 0 Å². The van der Waals surface area contributed by atoms with E-state index >= 15 is 0 Å². The van der Waals surface area contributed by atoms with E-state index in [0.717, 1.165) is 18.2 Å². The highest BCUT2D eigenvalue weighted by Gasteiger charge is 2.13. The Labute approximate surface area is 122 Å². The van der Waals surface area contributed by atoms with Crippen molar-refractivity contribution < 1.29 is 14.6 Å². The third-order valence-electron chi connectivity index (χ3n) is 3.18. The summed E-state index contributed by atoms with van der Waals surface area (Å²) in [6, 6.07) is 6.98. The summed E-state index contributed by atoms with van der Waals surface area (Å²) in [5, 5.41) is 13.1. The maximum Gasteiger partial charge on any atom is 0.339 e. The topological polar surface area (TPSA) is 97.5 Å². The van der Waals surface area contributed by atoms with Crippen molar-refractivity contribution in [3.63, 3.8) is 0 Å². The summed E-state index contributed by atoms with van der Waals surface area (Å²) in [5.74, 6) is 0.0639. The molecule has 0 bridgehead atoms. The number of methoxy groups -OCH3 is 1. The number of anilines is 1. The van der Waals surface area contributed by atoms with Gasteiger partial charge >= 0.3 is 5.97 Å². The average Bonchev–Trinajstić information content (AvgIpc) is 2.50. The van der Waals surface area contributed by atoms with E-state index in [0.29, 0.717) is 30.2 Å². The fourth-order valence-corrected chi connectivity index (χ4v) is 2.05. The molecule has 1 aromatic heterocycles. The van der Waals surface area contributed by atoms with Gasteiger partial charge in [0.1, 0.15) is 17.1 Å². The first kappa shape index (κ1) is 15.1. The molecule has 0 amide bonds. The van der Waals surface area contributed by atoms with Crippen molar-refractivity contribution in [2.24, 2.45) is 5.73 Å². The van der Waals surface area contributed by atoms with Crippen LogP contribution in [0.3, 0.4) is 0 Å². The molecule has 6 heteroatoms. The van der Waals surface area contributed by atoms with Gasteiger partial charge in [-0.05, 0) is 37.6 Å². The quantitative estimate of drug-likeness (QED) is 0.675. The molecule has 0 atom stereocenters. The minimum atomic E-state index is -0.999. The van der Waals surface area contributed by atoms with Crippen molar-refractivity contribution in [1.82, 2.24) is 4.98 Å². The lowest BCUT2D eigenvalue weighted by Crippen LogP contribution is -2.11. The van der Waals surface area contributed by atoms with Crippen LogP contribution < -0.4 is 15.8 Å². The van der Waals surface area contributed by atoms with Crippen molar-refractivity contribution in [3.8, 4) is 5.75 Å². The van der Waals surface area contributed by atoms with Crippen molar-refractivity contribution in [1.29, 1.82) is 0 Å². The number of fused-ring (bicyclic) bond motifs is 1. The van der Waals surface area contributed by atoms with Crippen molar-refractivity contribution in [3.05, 3.63) is 29.8 Å². The molecule has 4 N–H and O–H groups in total. The minimum Gasteiger partial charge on any atom is -0.497 e. The number of hydrogen-bond acceptors (Lipinski definition) is 5. The fourth-order valence-electron chi connectivity index (χ4n) is 2.05. The normalized spacial score (nSPS) is 10.6. The van der Waals surface area contributed by atoms with Gasteiger partial charge in [0.15, 0.2) is 0 Å². The second-order valence-corrected chi connectivity index (χ2v) is 4.67. The van der Waals surface area contributed by atoms with Gasteiger partial charge in [0, 0.05) is 18.0 Å². The lowest BCUT2D eigenvalue weighted by molar-refractivity contribution is 0.0698. The number of nitrogens with one attached hydrogen (secondary N) is 1. The Morgan fingerprint density at radius 1 is 1.38 bits per heavy atom. The summed E-state index contributed by atoms with van der Waals surface area (Å²) in [4.78, 5) is 15.8. The standard InChI is InChI=1S/C15H19N3O3/c1-21-11-5-4-10-8-12(15(19)20)14(18-13(10)9-11)17-7-3-2-6-16/h4-5,8-9H,2-3,6-7,16H2,1H3,(H,17,18)(H,19,20). The predicted octanol–water partition coefficient (Wildman–Crippen LogP) is 2.09. The highest BCUT2D eigenvalue weighted by molar-refractivity contribution is 5.98. The fraction of sp³-hybridized carbons (Fsp3) is 0.333. The highest BCUT2D eigenvalue weighted by atomic mass is 16.5. The summed E-state index contributed by atoms with van der Waals surface area (Å²) in [7, 11) is 1.58. The van der Waals surface area contributed by atoms with E-state index in [1.165, 1.54) is 0 Å². The van der Waals surface area contributed by atoms with Crippen molar-refractivity contribution >= 4 is 22.7 Å². The van der Waals surface area contributed by atoms with Crippen LogP contribution in [0.4, 0.5) is 5.82 Å². The Kier molecular flexibility index (Phi) is 4.94. The van der Waals surface area contributed by atoms with E-state index in [-0.39, 0.29) is 5.56 Å². The first-order valence-electron chi connectivity index (χ1n) is 6.81. The molecule has 1 aromatic carbocycles. The molecule has 6 nitrogen and oxygen atoms in total. The largest absolute Gasteiger partial charge is 0.497 e. The lowest BCUT2D eigenvalue weighted by Gasteiger charge is -2.10. The zero-order chi connectivity index (χ0) is 15.2. The molecular weight excluding hydrogens is 270 g/mol. The van der Waals surface area contributed by atoms with Gasteiger partial charge in [-0.25, -0.2) is 9.78 Å². The van der Waals surface area contributed by atoms with Crippen LogP contribution in [0.5, 0.6) is 5.75 Å². The summed E-state index contributed by atoms with van der Waals surface area (Å²) in [6.07, 6.45) is 1.75. The molecule has 0 aliphatic heterocycles. The third-order valence-corrected chi connectivity index (χ3v) is 3.18. The number of ether oxygens (including phenoxy) is 1. The van der Waals surface area contributed by atoms with E-state index in [9.17, 15) is 9.90 Å². The number of pyridine rings is 1. The maximum absolute atomic E-state index is 11.4. The number of aromatic carboxylic acids is 1. The van der Waals surface area contributed by atoms with Gasteiger partial charge in [-0.1, -0.05) is 0 Å². The molecule has 2 aromatic rings. The molecule has 0 aliphatic carbocycles. The molecule has 0 aliphatic rings. The number of hydrogen-bond donors (Lipinski definition) is 3. The van der Waals surface area contributed by atoms with Gasteiger partial charge in [-0.3, -0.25) is 0 Å². The Bertz CT molecular complexity index is 643. The molecule has 0 saturated heterocycles. The number of unbranched alkanes of at least 4 members (excludes halogenated alkanes) is 1. The van der Waals surface area contributed by atoms with Gasteiger partial charge < -0.3 is 20.9 Å². The van der Waals surface area contributed by atoms with Gasteiger partial charge in [0.25, 0.3) is 0 Å². The average molecular weight is 289 g/mol. The smallest absolute Gasteiger partial charge is 0.339 e. The van der Waals surface area contributed by atoms with Crippen molar-refractivity contribution in [2.75, 3.05) is 25.5 Å². The monoisotopic (exact) mass is 289 g/mol. The van der Waals surface area contributed by atoms with E-state index in [1.807, 2.05) is 0 Å². The van der Waals surface area contributed by atoms with Gasteiger partial charge in [-0.15, -0.1) is 0 Å². The van der Waals surface area contributed by atoms with Crippen LogP contribution in [0.15, 0.2) is 24.3 Å². The highest BCUT2D eigenvalue weighted by Crippen LogP contribution is 2.24. The molecule has 0 spiro atoms. The van der Waals surface area contributed by atoms with Crippen LogP contribution in [0.25, 0.3) is 10.9 Å². The predicted molar refractivity (Wildman–Crippen MR) is 82.0 cm³/mol. The number of carboxylic acids is 1. The number of nitrogens with two attached hydrogens (primary N) is 1. The number of carbonyl (C=O) groups is 1. The second-order valence-electron chi connectivity index (χ2n) is 4.67. The Morgan fingerprint density at radius 2 is 2.19 bits per heavy atom. The number of nitrogens with zero attached hydrogens (tertiary/aromatic N) is 1. The number of aromatic nitrogens is 1. The summed E-state index contributed by atoms with van der Waals surface area (Å²) >= 11 is 0. The van der Waals surface area contributed by atoms with Crippen LogP contribution in [0.1, 0.15) is 23.2 Å². The summed E-state index contributed by atoms with van der Waals surface area (Å²) < 4.78 is 5.16. The number of benzene rings is 1. The molecule has 0 saturated carbocycles. The molecule has 0 fully saturated rings. The molecule has 0 unspecified atom stereocenters. The lowest BCUT2D eigenvalue weighted by atomic mass is 10.1. The van der Waals surface area contributed by atoms with Crippen LogP contribution in [0, 0.1) is 0 Å². The molecule has 2 rings (SSSR count). The minimum absolute atomic E-state index is 0.167. The van der Waals surface area contributed by atoms with Crippen LogP contribution in [-0.4, -0.2) is 36.3 Å². The SMILES string of the molecule is COc1ccc2cc(C(=O)O)c(NCCCCN)nc2c1. The number of carboxylic acid groups (broad SMARTS) is 1. The first-order chi connectivity index (χ1) is 10.2. The first-order valence-corrected chi connectivity index (χ1v) is 6.81. The van der Waals surface area contributed by atoms with Crippen LogP contribution >= 0.6 is 0 Å². The van der Waals surface area contributed by atoms with Crippen molar-refractivity contribution in [2.45, 2.75) is 12.8 Å². The Hall–Kier alpha value is -2.34. The molecule has 112 valence electrons. The Balaban J connectivity index is 2.35. The Morgan fingerprint density at radius 3 is 2.86 bits per heavy atom. The van der Waals surface area contributed by atoms with E-state index < -0.39 is 5.97 Å².